The van der Waals surface area contributed by atoms with E-state index >= 15 is 0 Å². The lowest BCUT2D eigenvalue weighted by atomic mass is 10.2. The lowest BCUT2D eigenvalue weighted by molar-refractivity contribution is 0.375. The molecule has 2 rings (SSSR count). The van der Waals surface area contributed by atoms with Crippen molar-refractivity contribution in [2.24, 2.45) is 0 Å². The van der Waals surface area contributed by atoms with Gasteiger partial charge in [0.2, 0.25) is 0 Å². The normalized spacial score (nSPS) is 10.1. The monoisotopic (exact) mass is 246 g/mol. The molecule has 0 fully saturated rings. The van der Waals surface area contributed by atoms with Gasteiger partial charge in [0.15, 0.2) is 11.5 Å². The van der Waals surface area contributed by atoms with Crippen LogP contribution in [0.4, 0.5) is 17.1 Å². The average Bonchev–Trinajstić information content (AvgIpc) is 2.28. The predicted octanol–water partition coefficient (Wildman–Crippen LogP) is 2.43. The van der Waals surface area contributed by atoms with Crippen molar-refractivity contribution in [2.45, 2.75) is 0 Å². The largest absolute Gasteiger partial charge is 0.508 e. The highest BCUT2D eigenvalue weighted by Crippen LogP contribution is 2.38. The molecule has 0 spiro atoms. The third-order valence-corrected chi connectivity index (χ3v) is 2.42. The average molecular weight is 246 g/mol. The van der Waals surface area contributed by atoms with Gasteiger partial charge in [0.1, 0.15) is 5.75 Å². The first-order valence-corrected chi connectivity index (χ1v) is 5.32. The number of anilines is 3. The Labute approximate surface area is 104 Å². The molecule has 0 unspecified atom stereocenters. The van der Waals surface area contributed by atoms with Crippen molar-refractivity contribution in [1.29, 1.82) is 0 Å². The second-order valence-corrected chi connectivity index (χ2v) is 3.80. The summed E-state index contributed by atoms with van der Waals surface area (Å²) in [5, 5.41) is 22.1. The molecule has 2 aromatic rings. The lowest BCUT2D eigenvalue weighted by Gasteiger charge is -2.13. The van der Waals surface area contributed by atoms with Gasteiger partial charge in [0.05, 0.1) is 12.8 Å². The molecule has 0 radical (unpaired) electrons. The minimum absolute atomic E-state index is 0.0415. The molecule has 0 bridgehead atoms. The van der Waals surface area contributed by atoms with Gasteiger partial charge in [-0.2, -0.15) is 0 Å². The van der Waals surface area contributed by atoms with Crippen molar-refractivity contribution < 1.29 is 14.9 Å². The molecule has 0 heterocycles. The van der Waals surface area contributed by atoms with Gasteiger partial charge in [-0.1, -0.05) is 6.07 Å². The maximum Gasteiger partial charge on any atom is 0.184 e. The maximum atomic E-state index is 9.71. The molecular formula is C13H14N2O3. The molecule has 5 N–H and O–H groups in total. The molecule has 0 aliphatic rings. The summed E-state index contributed by atoms with van der Waals surface area (Å²) < 4.78 is 5.10. The van der Waals surface area contributed by atoms with E-state index in [1.165, 1.54) is 13.2 Å². The van der Waals surface area contributed by atoms with E-state index in [-0.39, 0.29) is 11.5 Å². The van der Waals surface area contributed by atoms with E-state index in [0.717, 1.165) is 0 Å². The maximum absolute atomic E-state index is 9.71. The van der Waals surface area contributed by atoms with Crippen LogP contribution in [0.5, 0.6) is 17.2 Å². The molecule has 0 saturated carbocycles. The molecule has 0 aliphatic heterocycles. The van der Waals surface area contributed by atoms with Crippen LogP contribution in [0.3, 0.4) is 0 Å². The number of benzene rings is 2. The predicted molar refractivity (Wildman–Crippen MR) is 70.5 cm³/mol. The fourth-order valence-corrected chi connectivity index (χ4v) is 1.68. The second kappa shape index (κ2) is 4.75. The van der Waals surface area contributed by atoms with Gasteiger partial charge in [-0.3, -0.25) is 0 Å². The minimum Gasteiger partial charge on any atom is -0.508 e. The van der Waals surface area contributed by atoms with Gasteiger partial charge >= 0.3 is 0 Å². The van der Waals surface area contributed by atoms with Crippen molar-refractivity contribution in [3.05, 3.63) is 36.4 Å². The first kappa shape index (κ1) is 11.9. The Morgan fingerprint density at radius 2 is 1.94 bits per heavy atom. The highest BCUT2D eigenvalue weighted by atomic mass is 16.5. The van der Waals surface area contributed by atoms with Gasteiger partial charge in [0.25, 0.3) is 0 Å². The fraction of sp³-hybridized carbons (Fsp3) is 0.0769. The molecule has 0 saturated heterocycles. The topological polar surface area (TPSA) is 87.7 Å². The Kier molecular flexibility index (Phi) is 3.14. The number of hydrogen-bond acceptors (Lipinski definition) is 5. The van der Waals surface area contributed by atoms with E-state index in [4.69, 9.17) is 10.5 Å². The molecule has 0 aromatic heterocycles. The Morgan fingerprint density at radius 1 is 1.17 bits per heavy atom. The van der Waals surface area contributed by atoms with Gasteiger partial charge < -0.3 is 26.0 Å². The zero-order valence-electron chi connectivity index (χ0n) is 9.84. The van der Waals surface area contributed by atoms with Crippen molar-refractivity contribution in [3.63, 3.8) is 0 Å². The molecule has 2 aromatic carbocycles. The summed E-state index contributed by atoms with van der Waals surface area (Å²) in [5.74, 6) is 0.403. The van der Waals surface area contributed by atoms with Crippen LogP contribution >= 0.6 is 0 Å². The van der Waals surface area contributed by atoms with E-state index in [1.54, 1.807) is 30.3 Å². The summed E-state index contributed by atoms with van der Waals surface area (Å²) >= 11 is 0. The molecule has 0 atom stereocenters. The highest BCUT2D eigenvalue weighted by Gasteiger charge is 2.10. The second-order valence-electron chi connectivity index (χ2n) is 3.80. The summed E-state index contributed by atoms with van der Waals surface area (Å²) in [6, 6.07) is 9.66. The number of nitrogen functional groups attached to an aromatic ring is 1. The number of hydrogen-bond donors (Lipinski definition) is 4. The summed E-state index contributed by atoms with van der Waals surface area (Å²) in [6.07, 6.45) is 0. The highest BCUT2D eigenvalue weighted by molar-refractivity contribution is 5.74. The van der Waals surface area contributed by atoms with Crippen LogP contribution in [0, 0.1) is 0 Å². The standard InChI is InChI=1S/C13H14N2O3/c1-18-13-11(5-8(14)6-12(13)17)15-9-3-2-4-10(16)7-9/h2-7,15-17H,14H2,1H3. The Balaban J connectivity index is 2.39. The number of phenolic OH excluding ortho intramolecular Hbond substituents is 2. The molecule has 0 aliphatic carbocycles. The van der Waals surface area contributed by atoms with Crippen LogP contribution in [0.15, 0.2) is 36.4 Å². The summed E-state index contributed by atoms with van der Waals surface area (Å²) in [4.78, 5) is 0. The minimum atomic E-state index is -0.0415. The van der Waals surface area contributed by atoms with Gasteiger partial charge in [-0.05, 0) is 18.2 Å². The van der Waals surface area contributed by atoms with Gasteiger partial charge in [-0.25, -0.2) is 0 Å². The number of nitrogens with two attached hydrogens (primary N) is 1. The number of rotatable bonds is 3. The number of ether oxygens (including phenoxy) is 1. The molecule has 0 amide bonds. The van der Waals surface area contributed by atoms with Crippen LogP contribution in [-0.4, -0.2) is 17.3 Å². The third-order valence-electron chi connectivity index (χ3n) is 2.42. The zero-order chi connectivity index (χ0) is 13.1. The first-order valence-electron chi connectivity index (χ1n) is 5.32. The summed E-state index contributed by atoms with van der Waals surface area (Å²) in [7, 11) is 1.46. The SMILES string of the molecule is COc1c(O)cc(N)cc1Nc1cccc(O)c1. The van der Waals surface area contributed by atoms with E-state index in [0.29, 0.717) is 22.8 Å². The molecule has 94 valence electrons. The van der Waals surface area contributed by atoms with Crippen LogP contribution in [-0.2, 0) is 0 Å². The fourth-order valence-electron chi connectivity index (χ4n) is 1.68. The Bertz CT molecular complexity index is 570. The molecular weight excluding hydrogens is 232 g/mol. The summed E-state index contributed by atoms with van der Waals surface area (Å²) in [5.41, 5.74) is 7.27. The van der Waals surface area contributed by atoms with Crippen LogP contribution < -0.4 is 15.8 Å². The van der Waals surface area contributed by atoms with Crippen LogP contribution in [0.25, 0.3) is 0 Å². The van der Waals surface area contributed by atoms with E-state index in [9.17, 15) is 10.2 Å². The number of phenols is 2. The Morgan fingerprint density at radius 3 is 2.61 bits per heavy atom. The van der Waals surface area contributed by atoms with E-state index in [1.807, 2.05) is 0 Å². The Hall–Kier alpha value is -2.56. The quantitative estimate of drug-likeness (QED) is 0.625. The number of nitrogens with one attached hydrogen (secondary N) is 1. The van der Waals surface area contributed by atoms with Crippen molar-refractivity contribution in [3.8, 4) is 17.2 Å². The molecule has 18 heavy (non-hydrogen) atoms. The lowest BCUT2D eigenvalue weighted by Crippen LogP contribution is -1.97. The first-order chi connectivity index (χ1) is 8.60. The van der Waals surface area contributed by atoms with Crippen molar-refractivity contribution in [2.75, 3.05) is 18.2 Å². The summed E-state index contributed by atoms with van der Waals surface area (Å²) in [6.45, 7) is 0. The van der Waals surface area contributed by atoms with Crippen LogP contribution in [0.2, 0.25) is 0 Å². The smallest absolute Gasteiger partial charge is 0.184 e. The van der Waals surface area contributed by atoms with Crippen LogP contribution in [0.1, 0.15) is 0 Å². The zero-order valence-corrected chi connectivity index (χ0v) is 9.84. The number of methoxy groups -OCH3 is 1. The van der Waals surface area contributed by atoms with Gasteiger partial charge in [-0.15, -0.1) is 0 Å². The van der Waals surface area contributed by atoms with Crippen molar-refractivity contribution in [1.82, 2.24) is 0 Å². The van der Waals surface area contributed by atoms with E-state index in [2.05, 4.69) is 5.32 Å². The van der Waals surface area contributed by atoms with Crippen molar-refractivity contribution >= 4 is 17.1 Å². The van der Waals surface area contributed by atoms with Gasteiger partial charge in [0, 0.05) is 23.5 Å². The third kappa shape index (κ3) is 2.40. The van der Waals surface area contributed by atoms with E-state index < -0.39 is 0 Å². The molecule has 5 heteroatoms. The molecule has 5 nitrogen and oxygen atoms in total. The number of aromatic hydroxyl groups is 2.